The Bertz CT molecular complexity index is 333. The molecule has 82 valence electrons. The van der Waals surface area contributed by atoms with Crippen LogP contribution in [0.2, 0.25) is 0 Å². The molecule has 0 aliphatic carbocycles. The van der Waals surface area contributed by atoms with Crippen LogP contribution in [0.5, 0.6) is 0 Å². The minimum atomic E-state index is -0.744. The van der Waals surface area contributed by atoms with Crippen molar-refractivity contribution in [3.05, 3.63) is 11.8 Å². The summed E-state index contributed by atoms with van der Waals surface area (Å²) in [6.45, 7) is 3.36. The van der Waals surface area contributed by atoms with E-state index in [1.165, 1.54) is 6.08 Å². The lowest BCUT2D eigenvalue weighted by Crippen LogP contribution is -2.18. The number of hydrogen-bond donors (Lipinski definition) is 0. The van der Waals surface area contributed by atoms with Crippen LogP contribution in [-0.4, -0.2) is 30.6 Å². The number of rotatable bonds is 1. The molecule has 0 aromatic heterocycles. The fourth-order valence-corrected chi connectivity index (χ4v) is 1.36. The molecule has 3 unspecified atom stereocenters. The van der Waals surface area contributed by atoms with Gasteiger partial charge in [-0.1, -0.05) is 0 Å². The summed E-state index contributed by atoms with van der Waals surface area (Å²) in [6, 6.07) is 0. The standard InChI is InChI=1S/C9H10O6/c1-4-6(14-8(10)12-4)3-7-5(2)13-9(11)15-7/h3-6H,1-2H3. The Morgan fingerprint density at radius 3 is 2.27 bits per heavy atom. The van der Waals surface area contributed by atoms with Gasteiger partial charge in [-0.05, 0) is 13.8 Å². The first-order valence-corrected chi connectivity index (χ1v) is 4.53. The molecule has 6 heteroatoms. The number of cyclic esters (lactones) is 4. The van der Waals surface area contributed by atoms with Gasteiger partial charge in [0.1, 0.15) is 6.10 Å². The van der Waals surface area contributed by atoms with Gasteiger partial charge in [0.25, 0.3) is 0 Å². The summed E-state index contributed by atoms with van der Waals surface area (Å²) in [7, 11) is 0. The van der Waals surface area contributed by atoms with E-state index in [0.29, 0.717) is 5.76 Å². The van der Waals surface area contributed by atoms with Gasteiger partial charge < -0.3 is 18.9 Å². The monoisotopic (exact) mass is 214 g/mol. The van der Waals surface area contributed by atoms with Crippen molar-refractivity contribution in [2.45, 2.75) is 32.2 Å². The van der Waals surface area contributed by atoms with E-state index in [0.717, 1.165) is 0 Å². The molecule has 2 heterocycles. The molecule has 2 rings (SSSR count). The number of hydrogen-bond acceptors (Lipinski definition) is 6. The van der Waals surface area contributed by atoms with E-state index in [4.69, 9.17) is 18.9 Å². The van der Waals surface area contributed by atoms with Crippen molar-refractivity contribution >= 4 is 12.3 Å². The molecule has 0 saturated carbocycles. The van der Waals surface area contributed by atoms with Gasteiger partial charge in [-0.3, -0.25) is 0 Å². The first kappa shape index (κ1) is 9.82. The van der Waals surface area contributed by atoms with Gasteiger partial charge in [-0.2, -0.15) is 0 Å². The van der Waals surface area contributed by atoms with Crippen molar-refractivity contribution in [2.24, 2.45) is 0 Å². The summed E-state index contributed by atoms with van der Waals surface area (Å²) in [6.07, 6.45) is -1.33. The molecule has 0 bridgehead atoms. The molecular formula is C9H10O6. The third-order valence-electron chi connectivity index (χ3n) is 2.18. The van der Waals surface area contributed by atoms with Gasteiger partial charge in [0.2, 0.25) is 0 Å². The van der Waals surface area contributed by atoms with E-state index in [1.807, 2.05) is 0 Å². The lowest BCUT2D eigenvalue weighted by Gasteiger charge is -2.07. The second-order valence-corrected chi connectivity index (χ2v) is 3.34. The van der Waals surface area contributed by atoms with Crippen molar-refractivity contribution in [1.82, 2.24) is 0 Å². The maximum Gasteiger partial charge on any atom is 0.514 e. The van der Waals surface area contributed by atoms with Crippen LogP contribution in [0, 0.1) is 0 Å². The second kappa shape index (κ2) is 3.45. The Kier molecular flexibility index (Phi) is 2.26. The summed E-state index contributed by atoms with van der Waals surface area (Å²) in [5, 5.41) is 0. The van der Waals surface area contributed by atoms with Gasteiger partial charge in [0, 0.05) is 6.08 Å². The lowest BCUT2D eigenvalue weighted by molar-refractivity contribution is 0.119. The molecule has 2 fully saturated rings. The summed E-state index contributed by atoms with van der Waals surface area (Å²) in [4.78, 5) is 21.5. The van der Waals surface area contributed by atoms with Crippen LogP contribution in [0.25, 0.3) is 0 Å². The van der Waals surface area contributed by atoms with E-state index in [9.17, 15) is 9.59 Å². The molecule has 0 aromatic carbocycles. The topological polar surface area (TPSA) is 71.1 Å². The molecule has 0 N–H and O–H groups in total. The molecule has 0 spiro atoms. The lowest BCUT2D eigenvalue weighted by atomic mass is 10.2. The number of ether oxygens (including phenoxy) is 4. The zero-order valence-corrected chi connectivity index (χ0v) is 8.26. The minimum Gasteiger partial charge on any atom is -0.427 e. The van der Waals surface area contributed by atoms with E-state index >= 15 is 0 Å². The Balaban J connectivity index is 2.10. The predicted octanol–water partition coefficient (Wildman–Crippen LogP) is 1.35. The van der Waals surface area contributed by atoms with Crippen LogP contribution in [0.15, 0.2) is 11.8 Å². The third-order valence-corrected chi connectivity index (χ3v) is 2.18. The molecular weight excluding hydrogens is 204 g/mol. The van der Waals surface area contributed by atoms with Crippen LogP contribution in [0.1, 0.15) is 13.8 Å². The number of carbonyl (C=O) groups excluding carboxylic acids is 2. The fourth-order valence-electron chi connectivity index (χ4n) is 1.36. The van der Waals surface area contributed by atoms with Gasteiger partial charge >= 0.3 is 12.3 Å². The average molecular weight is 214 g/mol. The summed E-state index contributed by atoms with van der Waals surface area (Å²) >= 11 is 0. The molecule has 6 nitrogen and oxygen atoms in total. The maximum atomic E-state index is 10.8. The Hall–Kier alpha value is -1.72. The summed E-state index contributed by atoms with van der Waals surface area (Å²) < 4.78 is 19.1. The Morgan fingerprint density at radius 2 is 1.80 bits per heavy atom. The predicted molar refractivity (Wildman–Crippen MR) is 45.9 cm³/mol. The zero-order valence-electron chi connectivity index (χ0n) is 8.26. The first-order chi connectivity index (χ1) is 7.06. The molecule has 2 aliphatic rings. The van der Waals surface area contributed by atoms with Crippen LogP contribution < -0.4 is 0 Å². The second-order valence-electron chi connectivity index (χ2n) is 3.34. The smallest absolute Gasteiger partial charge is 0.427 e. The SMILES string of the molecule is CC1OC(=O)OC1=CC1OC(=O)OC1C. The van der Waals surface area contributed by atoms with Crippen LogP contribution >= 0.6 is 0 Å². The largest absolute Gasteiger partial charge is 0.514 e. The Labute approximate surface area is 85.7 Å². The van der Waals surface area contributed by atoms with Crippen molar-refractivity contribution in [2.75, 3.05) is 0 Å². The molecule has 2 aliphatic heterocycles. The quantitative estimate of drug-likeness (QED) is 0.613. The molecule has 15 heavy (non-hydrogen) atoms. The van der Waals surface area contributed by atoms with Crippen LogP contribution in [0.3, 0.4) is 0 Å². The van der Waals surface area contributed by atoms with Crippen LogP contribution in [0.4, 0.5) is 9.59 Å². The zero-order chi connectivity index (χ0) is 11.0. The van der Waals surface area contributed by atoms with Crippen molar-refractivity contribution < 1.29 is 28.5 Å². The van der Waals surface area contributed by atoms with E-state index in [1.54, 1.807) is 13.8 Å². The van der Waals surface area contributed by atoms with E-state index < -0.39 is 30.6 Å². The molecule has 3 atom stereocenters. The van der Waals surface area contributed by atoms with Crippen molar-refractivity contribution in [3.8, 4) is 0 Å². The highest BCUT2D eigenvalue weighted by molar-refractivity contribution is 5.65. The normalized spacial score (nSPS) is 37.2. The average Bonchev–Trinajstić information content (AvgIpc) is 2.58. The third kappa shape index (κ3) is 1.88. The highest BCUT2D eigenvalue weighted by Gasteiger charge is 2.35. The van der Waals surface area contributed by atoms with E-state index in [-0.39, 0.29) is 0 Å². The first-order valence-electron chi connectivity index (χ1n) is 4.53. The van der Waals surface area contributed by atoms with Crippen molar-refractivity contribution in [1.29, 1.82) is 0 Å². The van der Waals surface area contributed by atoms with E-state index in [2.05, 4.69) is 0 Å². The van der Waals surface area contributed by atoms with Crippen molar-refractivity contribution in [3.63, 3.8) is 0 Å². The highest BCUT2D eigenvalue weighted by atomic mass is 16.8. The molecule has 0 aromatic rings. The summed E-state index contributed by atoms with van der Waals surface area (Å²) in [5.74, 6) is 0.343. The molecule has 0 amide bonds. The van der Waals surface area contributed by atoms with Gasteiger partial charge in [-0.15, -0.1) is 0 Å². The van der Waals surface area contributed by atoms with Gasteiger partial charge in [0.05, 0.1) is 0 Å². The Morgan fingerprint density at radius 1 is 1.07 bits per heavy atom. The van der Waals surface area contributed by atoms with Crippen LogP contribution in [-0.2, 0) is 18.9 Å². The maximum absolute atomic E-state index is 10.8. The molecule has 0 radical (unpaired) electrons. The number of carbonyl (C=O) groups is 2. The summed E-state index contributed by atoms with van der Waals surface area (Å²) in [5.41, 5.74) is 0. The highest BCUT2D eigenvalue weighted by Crippen LogP contribution is 2.23. The fraction of sp³-hybridized carbons (Fsp3) is 0.556. The van der Waals surface area contributed by atoms with Gasteiger partial charge in [-0.25, -0.2) is 9.59 Å². The molecule has 2 saturated heterocycles. The minimum absolute atomic E-state index is 0.343. The van der Waals surface area contributed by atoms with Gasteiger partial charge in [0.15, 0.2) is 18.0 Å².